The molecule has 1 atom stereocenters. The predicted octanol–water partition coefficient (Wildman–Crippen LogP) is 3.38. The molecule has 0 aliphatic heterocycles. The van der Waals surface area contributed by atoms with Crippen molar-refractivity contribution in [2.24, 2.45) is 0 Å². The molecule has 2 aromatic carbocycles. The maximum absolute atomic E-state index is 12.8. The second kappa shape index (κ2) is 9.21. The largest absolute Gasteiger partial charge is 0.496 e. The Morgan fingerprint density at radius 3 is 2.33 bits per heavy atom. The molecule has 0 heterocycles. The van der Waals surface area contributed by atoms with Crippen LogP contribution in [0.5, 0.6) is 11.5 Å². The van der Waals surface area contributed by atoms with Gasteiger partial charge in [-0.3, -0.25) is 0 Å². The lowest BCUT2D eigenvalue weighted by atomic mass is 10.1. The first-order valence-corrected chi connectivity index (χ1v) is 10.2. The highest BCUT2D eigenvalue weighted by Gasteiger charge is 2.21. The first kappa shape index (κ1) is 21.2. The van der Waals surface area contributed by atoms with Gasteiger partial charge in [0, 0.05) is 18.7 Å². The van der Waals surface area contributed by atoms with Crippen molar-refractivity contribution >= 4 is 10.0 Å². The number of benzene rings is 2. The number of hydrogen-bond acceptors (Lipinski definition) is 5. The summed E-state index contributed by atoms with van der Waals surface area (Å²) in [5.74, 6) is 1.29. The highest BCUT2D eigenvalue weighted by Crippen LogP contribution is 2.28. The number of sulfonamides is 1. The van der Waals surface area contributed by atoms with E-state index in [0.29, 0.717) is 24.7 Å². The van der Waals surface area contributed by atoms with E-state index in [9.17, 15) is 8.42 Å². The van der Waals surface area contributed by atoms with Gasteiger partial charge in [-0.05, 0) is 50.6 Å². The molecule has 0 spiro atoms. The van der Waals surface area contributed by atoms with E-state index in [2.05, 4.69) is 4.72 Å². The first-order chi connectivity index (χ1) is 12.8. The second-order valence-corrected chi connectivity index (χ2v) is 8.07. The van der Waals surface area contributed by atoms with E-state index in [1.165, 1.54) is 6.07 Å². The summed E-state index contributed by atoms with van der Waals surface area (Å²) in [5, 5.41) is 0. The molecule has 0 fully saturated rings. The van der Waals surface area contributed by atoms with E-state index in [1.807, 2.05) is 32.0 Å². The van der Waals surface area contributed by atoms with Crippen molar-refractivity contribution in [1.82, 2.24) is 4.72 Å². The van der Waals surface area contributed by atoms with Crippen molar-refractivity contribution < 1.29 is 22.6 Å². The van der Waals surface area contributed by atoms with Gasteiger partial charge in [0.15, 0.2) is 0 Å². The topological polar surface area (TPSA) is 73.9 Å². The molecule has 0 aromatic heterocycles. The predicted molar refractivity (Wildman–Crippen MR) is 105 cm³/mol. The third-order valence-electron chi connectivity index (χ3n) is 4.19. The molecule has 0 aliphatic carbocycles. The van der Waals surface area contributed by atoms with Crippen molar-refractivity contribution in [1.29, 1.82) is 0 Å². The molecule has 27 heavy (non-hydrogen) atoms. The molecule has 7 heteroatoms. The molecular formula is C20H27NO5S. The van der Waals surface area contributed by atoms with Crippen LogP contribution in [0.2, 0.25) is 0 Å². The van der Waals surface area contributed by atoms with Gasteiger partial charge in [-0.1, -0.05) is 17.7 Å². The van der Waals surface area contributed by atoms with Crippen LogP contribution in [0.4, 0.5) is 0 Å². The first-order valence-electron chi connectivity index (χ1n) is 8.67. The molecule has 2 rings (SSSR count). The molecule has 6 nitrogen and oxygen atoms in total. The van der Waals surface area contributed by atoms with Crippen molar-refractivity contribution in [3.8, 4) is 11.5 Å². The third-order valence-corrected chi connectivity index (χ3v) is 5.72. The minimum atomic E-state index is -3.70. The van der Waals surface area contributed by atoms with E-state index in [-0.39, 0.29) is 4.90 Å². The molecule has 1 unspecified atom stereocenters. The average molecular weight is 394 g/mol. The average Bonchev–Trinajstić information content (AvgIpc) is 2.62. The van der Waals surface area contributed by atoms with Crippen LogP contribution in [0.15, 0.2) is 41.3 Å². The second-order valence-electron chi connectivity index (χ2n) is 6.36. The number of hydrogen-bond donors (Lipinski definition) is 1. The monoisotopic (exact) mass is 393 g/mol. The summed E-state index contributed by atoms with van der Waals surface area (Å²) < 4.78 is 44.2. The zero-order chi connectivity index (χ0) is 20.0. The van der Waals surface area contributed by atoms with Crippen LogP contribution in [0.25, 0.3) is 0 Å². The number of methoxy groups -OCH3 is 2. The van der Waals surface area contributed by atoms with E-state index in [4.69, 9.17) is 14.2 Å². The molecule has 0 aliphatic rings. The zero-order valence-corrected chi connectivity index (χ0v) is 17.2. The smallest absolute Gasteiger partial charge is 0.241 e. The Hall–Kier alpha value is -2.09. The Bertz CT molecular complexity index is 880. The number of aryl methyl sites for hydroxylation is 2. The number of ether oxygens (including phenoxy) is 3. The van der Waals surface area contributed by atoms with Gasteiger partial charge in [-0.25, -0.2) is 13.1 Å². The fraction of sp³-hybridized carbons (Fsp3) is 0.400. The number of rotatable bonds is 9. The molecule has 1 N–H and O–H groups in total. The highest BCUT2D eigenvalue weighted by atomic mass is 32.2. The van der Waals surface area contributed by atoms with Crippen molar-refractivity contribution in [2.75, 3.05) is 27.4 Å². The minimum absolute atomic E-state index is 0.192. The van der Waals surface area contributed by atoms with Crippen LogP contribution in [0, 0.1) is 13.8 Å². The Kier molecular flexibility index (Phi) is 7.24. The summed E-state index contributed by atoms with van der Waals surface area (Å²) in [4.78, 5) is 0.192. The van der Waals surface area contributed by atoms with Gasteiger partial charge in [0.25, 0.3) is 0 Å². The van der Waals surface area contributed by atoms with Gasteiger partial charge in [-0.2, -0.15) is 0 Å². The molecule has 0 radical (unpaired) electrons. The van der Waals surface area contributed by atoms with Gasteiger partial charge >= 0.3 is 0 Å². The van der Waals surface area contributed by atoms with E-state index in [0.717, 1.165) is 16.7 Å². The van der Waals surface area contributed by atoms with Crippen molar-refractivity contribution in [2.45, 2.75) is 31.7 Å². The molecular weight excluding hydrogens is 366 g/mol. The highest BCUT2D eigenvalue weighted by molar-refractivity contribution is 7.89. The summed E-state index contributed by atoms with van der Waals surface area (Å²) in [6, 6.07) is 10.0. The summed E-state index contributed by atoms with van der Waals surface area (Å²) in [6.45, 7) is 6.44. The number of nitrogens with one attached hydrogen (secondary N) is 1. The normalized spacial score (nSPS) is 12.6. The summed E-state index contributed by atoms with van der Waals surface area (Å²) in [7, 11) is -0.526. The fourth-order valence-corrected chi connectivity index (χ4v) is 4.05. The van der Waals surface area contributed by atoms with Crippen LogP contribution >= 0.6 is 0 Å². The maximum Gasteiger partial charge on any atom is 0.241 e. The fourth-order valence-electron chi connectivity index (χ4n) is 2.74. The van der Waals surface area contributed by atoms with E-state index in [1.54, 1.807) is 33.3 Å². The quantitative estimate of drug-likeness (QED) is 0.661. The van der Waals surface area contributed by atoms with Crippen molar-refractivity contribution in [3.05, 3.63) is 53.1 Å². The van der Waals surface area contributed by atoms with Crippen LogP contribution in [-0.2, 0) is 14.8 Å². The van der Waals surface area contributed by atoms with Crippen LogP contribution < -0.4 is 14.2 Å². The van der Waals surface area contributed by atoms with Crippen LogP contribution in [0.3, 0.4) is 0 Å². The molecule has 148 valence electrons. The summed E-state index contributed by atoms with van der Waals surface area (Å²) >= 11 is 0. The molecule has 0 saturated carbocycles. The Balaban J connectivity index is 2.21. The van der Waals surface area contributed by atoms with Gasteiger partial charge in [0.05, 0.1) is 18.6 Å². The Morgan fingerprint density at radius 1 is 1.00 bits per heavy atom. The van der Waals surface area contributed by atoms with Gasteiger partial charge in [0.2, 0.25) is 10.0 Å². The molecule has 0 bridgehead atoms. The molecule has 0 saturated heterocycles. The van der Waals surface area contributed by atoms with Crippen LogP contribution in [-0.4, -0.2) is 35.9 Å². The zero-order valence-electron chi connectivity index (χ0n) is 16.4. The Morgan fingerprint density at radius 2 is 1.70 bits per heavy atom. The van der Waals surface area contributed by atoms with Gasteiger partial charge in [0.1, 0.15) is 18.1 Å². The minimum Gasteiger partial charge on any atom is -0.496 e. The Labute approximate surface area is 161 Å². The lowest BCUT2D eigenvalue weighted by molar-refractivity contribution is 0.146. The van der Waals surface area contributed by atoms with E-state index < -0.39 is 16.1 Å². The van der Waals surface area contributed by atoms with Crippen LogP contribution in [0.1, 0.15) is 29.7 Å². The standard InChI is InChI=1S/C20H27NO5S/c1-14-6-8-20(25-5)18(12-14)16(3)21-27(22,23)17-7-9-19(15(2)13-17)26-11-10-24-4/h6-9,12-13,16,21H,10-11H2,1-5H3. The van der Waals surface area contributed by atoms with Crippen molar-refractivity contribution in [3.63, 3.8) is 0 Å². The maximum atomic E-state index is 12.8. The lowest BCUT2D eigenvalue weighted by Crippen LogP contribution is -2.27. The third kappa shape index (κ3) is 5.45. The van der Waals surface area contributed by atoms with Gasteiger partial charge in [-0.15, -0.1) is 0 Å². The summed E-state index contributed by atoms with van der Waals surface area (Å²) in [5.41, 5.74) is 2.57. The van der Waals surface area contributed by atoms with Gasteiger partial charge < -0.3 is 14.2 Å². The lowest BCUT2D eigenvalue weighted by Gasteiger charge is -2.18. The summed E-state index contributed by atoms with van der Waals surface area (Å²) in [6.07, 6.45) is 0. The molecule has 2 aromatic rings. The van der Waals surface area contributed by atoms with E-state index >= 15 is 0 Å². The molecule has 0 amide bonds. The SMILES string of the molecule is COCCOc1ccc(S(=O)(=O)NC(C)c2cc(C)ccc2OC)cc1C.